The lowest BCUT2D eigenvalue weighted by molar-refractivity contribution is -0.159. The van der Waals surface area contributed by atoms with Gasteiger partial charge >= 0.3 is 0 Å². The van der Waals surface area contributed by atoms with E-state index in [1.54, 1.807) is 22.8 Å². The van der Waals surface area contributed by atoms with Gasteiger partial charge in [-0.1, -0.05) is 26.0 Å². The van der Waals surface area contributed by atoms with Crippen LogP contribution in [0.4, 0.5) is 0 Å². The van der Waals surface area contributed by atoms with E-state index < -0.39 is 11.6 Å². The summed E-state index contributed by atoms with van der Waals surface area (Å²) in [5.74, 6) is -0.103. The molecule has 1 aliphatic rings. The molecule has 0 aromatic carbocycles. The van der Waals surface area contributed by atoms with Crippen LogP contribution in [0.1, 0.15) is 45.7 Å². The van der Waals surface area contributed by atoms with Gasteiger partial charge in [0.25, 0.3) is 0 Å². The van der Waals surface area contributed by atoms with E-state index >= 15 is 0 Å². The summed E-state index contributed by atoms with van der Waals surface area (Å²) in [5.41, 5.74) is -0.0954. The number of carbonyl (C=O) groups excluding carboxylic acids is 2. The van der Waals surface area contributed by atoms with Crippen LogP contribution >= 0.6 is 0 Å². The molecule has 2 amide bonds. The third-order valence-electron chi connectivity index (χ3n) is 4.36. The van der Waals surface area contributed by atoms with Crippen LogP contribution in [-0.4, -0.2) is 43.3 Å². The maximum atomic E-state index is 12.7. The van der Waals surface area contributed by atoms with Crippen molar-refractivity contribution in [2.75, 3.05) is 0 Å². The number of carbonyl (C=O) groups is 2. The van der Waals surface area contributed by atoms with E-state index in [0.717, 1.165) is 0 Å². The van der Waals surface area contributed by atoms with E-state index in [1.807, 2.05) is 20.8 Å². The SMILES string of the molecule is CCC1NC(=O)C(CC)(CC)N(Cc2cn(C)nn2)C1=O. The fraction of sp³-hybridized carbons (Fsp3) is 0.714. The summed E-state index contributed by atoms with van der Waals surface area (Å²) in [5, 5.41) is 10.8. The molecule has 0 aliphatic carbocycles. The Labute approximate surface area is 124 Å². The quantitative estimate of drug-likeness (QED) is 0.862. The summed E-state index contributed by atoms with van der Waals surface area (Å²) in [7, 11) is 1.78. The molecule has 7 nitrogen and oxygen atoms in total. The fourth-order valence-corrected chi connectivity index (χ4v) is 2.96. The highest BCUT2D eigenvalue weighted by molar-refractivity contribution is 5.99. The Kier molecular flexibility index (Phi) is 4.29. The minimum absolute atomic E-state index is 0.0357. The Morgan fingerprint density at radius 3 is 2.43 bits per heavy atom. The van der Waals surface area contributed by atoms with E-state index in [1.165, 1.54) is 0 Å². The Morgan fingerprint density at radius 1 is 1.29 bits per heavy atom. The minimum atomic E-state index is -0.791. The summed E-state index contributed by atoms with van der Waals surface area (Å²) < 4.78 is 1.60. The van der Waals surface area contributed by atoms with Crippen LogP contribution < -0.4 is 5.32 Å². The van der Waals surface area contributed by atoms with E-state index in [-0.39, 0.29) is 11.8 Å². The molecule has 1 aliphatic heterocycles. The fourth-order valence-electron chi connectivity index (χ4n) is 2.96. The van der Waals surface area contributed by atoms with Crippen molar-refractivity contribution in [2.24, 2.45) is 7.05 Å². The van der Waals surface area contributed by atoms with Gasteiger partial charge in [0.2, 0.25) is 11.8 Å². The molecular formula is C14H23N5O2. The monoisotopic (exact) mass is 293 g/mol. The Balaban J connectivity index is 2.37. The highest BCUT2D eigenvalue weighted by Crippen LogP contribution is 2.30. The summed E-state index contributed by atoms with van der Waals surface area (Å²) >= 11 is 0. The molecule has 116 valence electrons. The normalized spacial score (nSPS) is 21.5. The van der Waals surface area contributed by atoms with Crippen LogP contribution in [0.5, 0.6) is 0 Å². The van der Waals surface area contributed by atoms with E-state index in [2.05, 4.69) is 15.6 Å². The number of hydrogen-bond donors (Lipinski definition) is 1. The third kappa shape index (κ3) is 2.52. The van der Waals surface area contributed by atoms with Crippen LogP contribution in [0.2, 0.25) is 0 Å². The Morgan fingerprint density at radius 2 is 1.95 bits per heavy atom. The molecule has 1 fully saturated rings. The van der Waals surface area contributed by atoms with E-state index in [9.17, 15) is 9.59 Å². The van der Waals surface area contributed by atoms with Crippen LogP contribution in [0, 0.1) is 0 Å². The molecule has 0 saturated carbocycles. The number of piperazine rings is 1. The zero-order valence-corrected chi connectivity index (χ0v) is 13.1. The molecule has 7 heteroatoms. The summed E-state index contributed by atoms with van der Waals surface area (Å²) in [6.45, 7) is 6.09. The third-order valence-corrected chi connectivity index (χ3v) is 4.36. The van der Waals surface area contributed by atoms with E-state index in [4.69, 9.17) is 0 Å². The topological polar surface area (TPSA) is 80.1 Å². The Bertz CT molecular complexity index is 535. The lowest BCUT2D eigenvalue weighted by Crippen LogP contribution is -2.69. The predicted molar refractivity (Wildman–Crippen MR) is 77.1 cm³/mol. The molecule has 1 saturated heterocycles. The number of nitrogens with one attached hydrogen (secondary N) is 1. The van der Waals surface area contributed by atoms with Crippen molar-refractivity contribution in [2.45, 2.75) is 58.2 Å². The van der Waals surface area contributed by atoms with Crippen molar-refractivity contribution in [1.29, 1.82) is 0 Å². The number of hydrogen-bond acceptors (Lipinski definition) is 4. The highest BCUT2D eigenvalue weighted by atomic mass is 16.2. The van der Waals surface area contributed by atoms with Gasteiger partial charge < -0.3 is 10.2 Å². The maximum absolute atomic E-state index is 12.7. The molecule has 2 rings (SSSR count). The van der Waals surface area contributed by atoms with Crippen molar-refractivity contribution in [3.63, 3.8) is 0 Å². The summed E-state index contributed by atoms with van der Waals surface area (Å²) in [6, 6.07) is -0.444. The molecule has 0 radical (unpaired) electrons. The lowest BCUT2D eigenvalue weighted by Gasteiger charge is -2.47. The van der Waals surface area contributed by atoms with Crippen molar-refractivity contribution in [1.82, 2.24) is 25.2 Å². The van der Waals surface area contributed by atoms with Gasteiger partial charge in [0, 0.05) is 13.2 Å². The molecule has 2 heterocycles. The van der Waals surface area contributed by atoms with Gasteiger partial charge in [-0.3, -0.25) is 14.3 Å². The lowest BCUT2D eigenvalue weighted by atomic mass is 9.85. The first-order chi connectivity index (χ1) is 9.98. The second-order valence-electron chi connectivity index (χ2n) is 5.48. The van der Waals surface area contributed by atoms with Crippen molar-refractivity contribution in [3.8, 4) is 0 Å². The number of nitrogens with zero attached hydrogens (tertiary/aromatic N) is 4. The van der Waals surface area contributed by atoms with Gasteiger partial charge in [-0.15, -0.1) is 5.10 Å². The summed E-state index contributed by atoms with van der Waals surface area (Å²) in [4.78, 5) is 26.9. The van der Waals surface area contributed by atoms with Gasteiger partial charge in [-0.2, -0.15) is 0 Å². The first kappa shape index (κ1) is 15.5. The standard InChI is InChI=1S/C14H23N5O2/c1-5-11-12(20)19(9-10-8-18(4)17-16-10)14(6-2,7-3)13(21)15-11/h8,11H,5-7,9H2,1-4H3,(H,15,21). The molecule has 1 aromatic heterocycles. The second kappa shape index (κ2) is 5.83. The minimum Gasteiger partial charge on any atom is -0.342 e. The Hall–Kier alpha value is -1.92. The first-order valence-corrected chi connectivity index (χ1v) is 7.46. The number of aromatic nitrogens is 3. The van der Waals surface area contributed by atoms with Gasteiger partial charge in [0.05, 0.1) is 6.54 Å². The molecule has 1 aromatic rings. The second-order valence-corrected chi connectivity index (χ2v) is 5.48. The maximum Gasteiger partial charge on any atom is 0.246 e. The van der Waals surface area contributed by atoms with Crippen LogP contribution in [0.25, 0.3) is 0 Å². The molecule has 21 heavy (non-hydrogen) atoms. The van der Waals surface area contributed by atoms with Gasteiger partial charge in [-0.05, 0) is 19.3 Å². The molecule has 0 bridgehead atoms. The number of aryl methyl sites for hydroxylation is 1. The van der Waals surface area contributed by atoms with Gasteiger partial charge in [0.15, 0.2) is 0 Å². The summed E-state index contributed by atoms with van der Waals surface area (Å²) in [6.07, 6.45) is 3.53. The average molecular weight is 293 g/mol. The van der Waals surface area contributed by atoms with Crippen molar-refractivity contribution in [3.05, 3.63) is 11.9 Å². The molecular weight excluding hydrogens is 270 g/mol. The smallest absolute Gasteiger partial charge is 0.246 e. The van der Waals surface area contributed by atoms with Crippen molar-refractivity contribution < 1.29 is 9.59 Å². The zero-order valence-electron chi connectivity index (χ0n) is 13.1. The van der Waals surface area contributed by atoms with Crippen LogP contribution in [-0.2, 0) is 23.2 Å². The van der Waals surface area contributed by atoms with Gasteiger partial charge in [-0.25, -0.2) is 0 Å². The van der Waals surface area contributed by atoms with Crippen LogP contribution in [0.15, 0.2) is 6.20 Å². The molecule has 1 N–H and O–H groups in total. The zero-order chi connectivity index (χ0) is 15.6. The van der Waals surface area contributed by atoms with E-state index in [0.29, 0.717) is 31.5 Å². The number of rotatable bonds is 5. The van der Waals surface area contributed by atoms with Gasteiger partial charge in [0.1, 0.15) is 17.3 Å². The highest BCUT2D eigenvalue weighted by Gasteiger charge is 2.49. The average Bonchev–Trinajstić information content (AvgIpc) is 2.89. The van der Waals surface area contributed by atoms with Crippen LogP contribution in [0.3, 0.4) is 0 Å². The molecule has 1 unspecified atom stereocenters. The molecule has 1 atom stereocenters. The molecule has 0 spiro atoms. The first-order valence-electron chi connectivity index (χ1n) is 7.46. The van der Waals surface area contributed by atoms with Crippen molar-refractivity contribution >= 4 is 11.8 Å². The largest absolute Gasteiger partial charge is 0.342 e. The number of amides is 2. The predicted octanol–water partition coefficient (Wildman–Crippen LogP) is 0.611.